The van der Waals surface area contributed by atoms with Crippen LogP contribution in [-0.4, -0.2) is 28.6 Å². The van der Waals surface area contributed by atoms with Crippen LogP contribution in [-0.2, 0) is 6.54 Å². The number of carboxylic acid groups (broad SMARTS) is 1. The second-order valence-corrected chi connectivity index (χ2v) is 5.12. The molecule has 1 saturated heterocycles. The van der Waals surface area contributed by atoms with Crippen molar-refractivity contribution in [1.82, 2.24) is 4.90 Å². The minimum atomic E-state index is -0.852. The van der Waals surface area contributed by atoms with Crippen LogP contribution in [0.2, 0.25) is 0 Å². The molecule has 0 aromatic heterocycles. The molecule has 1 aliphatic heterocycles. The maximum Gasteiger partial charge on any atom is 0.335 e. The highest BCUT2D eigenvalue weighted by molar-refractivity contribution is 5.87. The molecule has 0 amide bonds. The lowest BCUT2D eigenvalue weighted by Crippen LogP contribution is -2.26. The summed E-state index contributed by atoms with van der Waals surface area (Å²) in [6.45, 7) is 6.47. The molecule has 2 rings (SSSR count). The Morgan fingerprint density at radius 3 is 2.82 bits per heavy atom. The molecule has 0 saturated carbocycles. The molecule has 0 bridgehead atoms. The number of likely N-dealkylation sites (tertiary alicyclic amines) is 1. The molecule has 1 aromatic carbocycles. The van der Waals surface area contributed by atoms with Crippen LogP contribution < -0.4 is 0 Å². The normalized spacial score (nSPS) is 25.1. The second-order valence-electron chi connectivity index (χ2n) is 5.12. The lowest BCUT2D eigenvalue weighted by Gasteiger charge is -2.21. The van der Waals surface area contributed by atoms with Gasteiger partial charge < -0.3 is 5.11 Å². The van der Waals surface area contributed by atoms with Gasteiger partial charge in [0.1, 0.15) is 0 Å². The van der Waals surface area contributed by atoms with Crippen LogP contribution >= 0.6 is 0 Å². The van der Waals surface area contributed by atoms with E-state index in [1.165, 1.54) is 6.42 Å². The van der Waals surface area contributed by atoms with Gasteiger partial charge in [0, 0.05) is 19.1 Å². The summed E-state index contributed by atoms with van der Waals surface area (Å²) >= 11 is 0. The Hall–Kier alpha value is -1.35. The van der Waals surface area contributed by atoms with Gasteiger partial charge in [-0.1, -0.05) is 19.1 Å². The third kappa shape index (κ3) is 2.86. The summed E-state index contributed by atoms with van der Waals surface area (Å²) in [5.41, 5.74) is 1.47. The van der Waals surface area contributed by atoms with Crippen molar-refractivity contribution < 1.29 is 9.90 Å². The van der Waals surface area contributed by atoms with E-state index in [0.717, 1.165) is 24.6 Å². The minimum Gasteiger partial charge on any atom is -0.478 e. The monoisotopic (exact) mass is 233 g/mol. The topological polar surface area (TPSA) is 40.5 Å². The van der Waals surface area contributed by atoms with Gasteiger partial charge in [0.05, 0.1) is 5.56 Å². The summed E-state index contributed by atoms with van der Waals surface area (Å²) in [7, 11) is 0. The minimum absolute atomic E-state index is 0.377. The molecule has 2 unspecified atom stereocenters. The summed E-state index contributed by atoms with van der Waals surface area (Å²) in [4.78, 5) is 13.3. The van der Waals surface area contributed by atoms with Crippen LogP contribution in [0.15, 0.2) is 24.3 Å². The van der Waals surface area contributed by atoms with Gasteiger partial charge in [0.2, 0.25) is 0 Å². The Balaban J connectivity index is 2.08. The van der Waals surface area contributed by atoms with Crippen LogP contribution in [0.4, 0.5) is 0 Å². The number of carboxylic acids is 1. The van der Waals surface area contributed by atoms with Gasteiger partial charge in [-0.2, -0.15) is 0 Å². The van der Waals surface area contributed by atoms with Crippen molar-refractivity contribution in [3.05, 3.63) is 35.4 Å². The molecule has 1 aromatic rings. The zero-order valence-electron chi connectivity index (χ0n) is 10.4. The van der Waals surface area contributed by atoms with E-state index in [4.69, 9.17) is 5.11 Å². The first-order chi connectivity index (χ1) is 8.06. The third-order valence-corrected chi connectivity index (χ3v) is 3.47. The molecule has 92 valence electrons. The molecule has 1 heterocycles. The van der Waals surface area contributed by atoms with Crippen molar-refractivity contribution in [1.29, 1.82) is 0 Å². The van der Waals surface area contributed by atoms with E-state index in [2.05, 4.69) is 18.7 Å². The van der Waals surface area contributed by atoms with Crippen LogP contribution in [0.25, 0.3) is 0 Å². The molecule has 0 radical (unpaired) electrons. The number of nitrogens with zero attached hydrogens (tertiary/aromatic N) is 1. The fourth-order valence-electron chi connectivity index (χ4n) is 2.64. The molecule has 3 heteroatoms. The Labute approximate surface area is 102 Å². The van der Waals surface area contributed by atoms with E-state index >= 15 is 0 Å². The number of aromatic carboxylic acids is 1. The van der Waals surface area contributed by atoms with Gasteiger partial charge >= 0.3 is 5.97 Å². The first-order valence-corrected chi connectivity index (χ1v) is 6.12. The quantitative estimate of drug-likeness (QED) is 0.872. The van der Waals surface area contributed by atoms with Crippen molar-refractivity contribution in [2.75, 3.05) is 6.54 Å². The van der Waals surface area contributed by atoms with E-state index in [1.54, 1.807) is 12.1 Å². The molecule has 2 atom stereocenters. The van der Waals surface area contributed by atoms with E-state index in [1.807, 2.05) is 12.1 Å². The van der Waals surface area contributed by atoms with Crippen molar-refractivity contribution in [3.63, 3.8) is 0 Å². The highest BCUT2D eigenvalue weighted by atomic mass is 16.4. The fraction of sp³-hybridized carbons (Fsp3) is 0.500. The molecular formula is C14H19NO2. The summed E-state index contributed by atoms with van der Waals surface area (Å²) in [6.07, 6.45) is 1.23. The van der Waals surface area contributed by atoms with Crippen molar-refractivity contribution in [3.8, 4) is 0 Å². The highest BCUT2D eigenvalue weighted by Crippen LogP contribution is 2.24. The van der Waals surface area contributed by atoms with Gasteiger partial charge in [0.25, 0.3) is 0 Å². The number of hydrogen-bond donors (Lipinski definition) is 1. The number of rotatable bonds is 3. The molecule has 0 aliphatic carbocycles. The molecule has 1 fully saturated rings. The van der Waals surface area contributed by atoms with Crippen molar-refractivity contribution in [2.45, 2.75) is 32.9 Å². The van der Waals surface area contributed by atoms with Crippen LogP contribution in [0.3, 0.4) is 0 Å². The van der Waals surface area contributed by atoms with Gasteiger partial charge in [-0.3, -0.25) is 4.90 Å². The number of carbonyl (C=O) groups is 1. The third-order valence-electron chi connectivity index (χ3n) is 3.47. The largest absolute Gasteiger partial charge is 0.478 e. The van der Waals surface area contributed by atoms with Gasteiger partial charge in [-0.15, -0.1) is 0 Å². The number of hydrogen-bond acceptors (Lipinski definition) is 2. The predicted octanol–water partition coefficient (Wildman–Crippen LogP) is 2.62. The lowest BCUT2D eigenvalue weighted by molar-refractivity contribution is 0.0696. The zero-order valence-corrected chi connectivity index (χ0v) is 10.4. The van der Waals surface area contributed by atoms with Crippen molar-refractivity contribution >= 4 is 5.97 Å². The molecule has 17 heavy (non-hydrogen) atoms. The van der Waals surface area contributed by atoms with E-state index in [0.29, 0.717) is 11.6 Å². The van der Waals surface area contributed by atoms with E-state index < -0.39 is 5.97 Å². The molecule has 0 spiro atoms. The highest BCUT2D eigenvalue weighted by Gasteiger charge is 2.25. The number of benzene rings is 1. The first-order valence-electron chi connectivity index (χ1n) is 6.12. The lowest BCUT2D eigenvalue weighted by atomic mass is 10.1. The maximum absolute atomic E-state index is 10.9. The Kier molecular flexibility index (Phi) is 3.48. The molecule has 1 aliphatic rings. The Morgan fingerprint density at radius 2 is 2.24 bits per heavy atom. The van der Waals surface area contributed by atoms with E-state index in [9.17, 15) is 4.79 Å². The summed E-state index contributed by atoms with van der Waals surface area (Å²) < 4.78 is 0. The van der Waals surface area contributed by atoms with E-state index in [-0.39, 0.29) is 0 Å². The van der Waals surface area contributed by atoms with Gasteiger partial charge in [-0.25, -0.2) is 4.79 Å². The van der Waals surface area contributed by atoms with Crippen LogP contribution in [0.1, 0.15) is 36.2 Å². The predicted molar refractivity (Wildman–Crippen MR) is 67.1 cm³/mol. The fourth-order valence-corrected chi connectivity index (χ4v) is 2.64. The summed E-state index contributed by atoms with van der Waals surface area (Å²) in [5.74, 6) is -0.109. The van der Waals surface area contributed by atoms with Crippen LogP contribution in [0.5, 0.6) is 0 Å². The SMILES string of the molecule is CC1CC(C)N(Cc2cccc(C(=O)O)c2)C1. The maximum atomic E-state index is 10.9. The Bertz CT molecular complexity index is 416. The summed E-state index contributed by atoms with van der Waals surface area (Å²) in [6, 6.07) is 7.84. The smallest absolute Gasteiger partial charge is 0.335 e. The standard InChI is InChI=1S/C14H19NO2/c1-10-6-11(2)15(8-10)9-12-4-3-5-13(7-12)14(16)17/h3-5,7,10-11H,6,8-9H2,1-2H3,(H,16,17). The van der Waals surface area contributed by atoms with Crippen molar-refractivity contribution in [2.24, 2.45) is 5.92 Å². The van der Waals surface area contributed by atoms with Gasteiger partial charge in [0.15, 0.2) is 0 Å². The van der Waals surface area contributed by atoms with Gasteiger partial charge in [-0.05, 0) is 37.0 Å². The zero-order chi connectivity index (χ0) is 12.4. The molecular weight excluding hydrogens is 214 g/mol. The molecule has 1 N–H and O–H groups in total. The average molecular weight is 233 g/mol. The Morgan fingerprint density at radius 1 is 1.47 bits per heavy atom. The average Bonchev–Trinajstić information content (AvgIpc) is 2.58. The first kappa shape index (κ1) is 12.1. The summed E-state index contributed by atoms with van der Waals surface area (Å²) in [5, 5.41) is 8.95. The van der Waals surface area contributed by atoms with Crippen LogP contribution in [0, 0.1) is 5.92 Å². The molecule has 3 nitrogen and oxygen atoms in total. The second kappa shape index (κ2) is 4.88.